The predicted octanol–water partition coefficient (Wildman–Crippen LogP) is 3.37. The number of hydrogen-bond acceptors (Lipinski definition) is 8. The number of H-pyrrole nitrogens is 1. The van der Waals surface area contributed by atoms with E-state index in [9.17, 15) is 4.79 Å². The minimum absolute atomic E-state index is 0.290. The van der Waals surface area contributed by atoms with Crippen LogP contribution in [0.15, 0.2) is 35.3 Å². The van der Waals surface area contributed by atoms with E-state index in [1.54, 1.807) is 6.20 Å². The first-order valence-electron chi connectivity index (χ1n) is 12.4. The molecule has 0 radical (unpaired) electrons. The van der Waals surface area contributed by atoms with E-state index in [-0.39, 0.29) is 5.56 Å². The zero-order valence-corrected chi connectivity index (χ0v) is 20.1. The number of rotatable bonds is 5. The first kappa shape index (κ1) is 22.6. The van der Waals surface area contributed by atoms with Gasteiger partial charge in [-0.15, -0.1) is 0 Å². The third-order valence-electron chi connectivity index (χ3n) is 6.93. The van der Waals surface area contributed by atoms with Gasteiger partial charge in [-0.2, -0.15) is 10.1 Å². The van der Waals surface area contributed by atoms with E-state index in [2.05, 4.69) is 73.3 Å². The zero-order valence-electron chi connectivity index (χ0n) is 20.1. The number of nitrogens with one attached hydrogen (secondary N) is 2. The summed E-state index contributed by atoms with van der Waals surface area (Å²) in [6, 6.07) is 8.98. The van der Waals surface area contributed by atoms with Gasteiger partial charge in [-0.3, -0.25) is 9.69 Å². The Labute approximate surface area is 200 Å². The van der Waals surface area contributed by atoms with Crippen LogP contribution in [-0.4, -0.2) is 70.4 Å². The summed E-state index contributed by atoms with van der Waals surface area (Å²) in [4.78, 5) is 29.2. The van der Waals surface area contributed by atoms with Gasteiger partial charge in [0, 0.05) is 56.7 Å². The molecule has 5 rings (SSSR count). The molecule has 2 aliphatic heterocycles. The van der Waals surface area contributed by atoms with Gasteiger partial charge in [0.1, 0.15) is 16.7 Å². The molecule has 0 spiro atoms. The van der Waals surface area contributed by atoms with Crippen LogP contribution in [0.1, 0.15) is 39.5 Å². The number of aromatic nitrogens is 4. The van der Waals surface area contributed by atoms with Crippen molar-refractivity contribution in [1.82, 2.24) is 25.1 Å². The van der Waals surface area contributed by atoms with Gasteiger partial charge in [0.25, 0.3) is 5.56 Å². The fourth-order valence-corrected chi connectivity index (χ4v) is 4.88. The minimum Gasteiger partial charge on any atom is -0.369 e. The van der Waals surface area contributed by atoms with E-state index in [1.807, 2.05) is 0 Å². The van der Waals surface area contributed by atoms with Crippen molar-refractivity contribution >= 4 is 34.0 Å². The zero-order chi connectivity index (χ0) is 23.5. The SMILES string of the molecule is CC(C)N1CCN(c2ccc(Nc3nc(N4CCCCCC4)nc4cn[nH]c(=O)c34)cc2)CC1. The van der Waals surface area contributed by atoms with E-state index in [1.165, 1.54) is 18.5 Å². The molecule has 34 heavy (non-hydrogen) atoms. The first-order valence-corrected chi connectivity index (χ1v) is 12.4. The molecule has 9 heteroatoms. The number of fused-ring (bicyclic) bond motifs is 1. The lowest BCUT2D eigenvalue weighted by Gasteiger charge is -2.38. The summed E-state index contributed by atoms with van der Waals surface area (Å²) in [5.74, 6) is 1.18. The average Bonchev–Trinajstić information content (AvgIpc) is 3.14. The Kier molecular flexibility index (Phi) is 6.62. The van der Waals surface area contributed by atoms with E-state index in [0.717, 1.165) is 57.8 Å². The number of hydrogen-bond donors (Lipinski definition) is 2. The molecule has 0 amide bonds. The van der Waals surface area contributed by atoms with Crippen molar-refractivity contribution in [2.45, 2.75) is 45.6 Å². The molecule has 0 atom stereocenters. The quantitative estimate of drug-likeness (QED) is 0.596. The van der Waals surface area contributed by atoms with Gasteiger partial charge in [0.15, 0.2) is 0 Å². The highest BCUT2D eigenvalue weighted by atomic mass is 16.1. The molecule has 0 saturated carbocycles. The van der Waals surface area contributed by atoms with Crippen molar-refractivity contribution in [2.75, 3.05) is 54.4 Å². The Bertz CT molecular complexity index is 1160. The summed E-state index contributed by atoms with van der Waals surface area (Å²) in [6.45, 7) is 10.6. The van der Waals surface area contributed by atoms with Gasteiger partial charge in [-0.1, -0.05) is 12.8 Å². The topological polar surface area (TPSA) is 93.3 Å². The molecule has 2 fully saturated rings. The van der Waals surface area contributed by atoms with Crippen molar-refractivity contribution < 1.29 is 0 Å². The molecule has 2 N–H and O–H groups in total. The molecule has 0 bridgehead atoms. The summed E-state index contributed by atoms with van der Waals surface area (Å²) in [5.41, 5.74) is 2.37. The second-order valence-electron chi connectivity index (χ2n) is 9.52. The van der Waals surface area contributed by atoms with Crippen molar-refractivity contribution in [1.29, 1.82) is 0 Å². The first-order chi connectivity index (χ1) is 16.6. The number of piperazine rings is 1. The fraction of sp³-hybridized carbons (Fsp3) is 0.520. The van der Waals surface area contributed by atoms with Crippen LogP contribution in [0.25, 0.3) is 10.9 Å². The molecule has 3 aromatic rings. The smallest absolute Gasteiger partial charge is 0.277 e. The second kappa shape index (κ2) is 9.97. The molecule has 1 aromatic carbocycles. The van der Waals surface area contributed by atoms with Crippen LogP contribution in [0.5, 0.6) is 0 Å². The highest BCUT2D eigenvalue weighted by Crippen LogP contribution is 2.27. The van der Waals surface area contributed by atoms with Gasteiger partial charge in [-0.05, 0) is 51.0 Å². The largest absolute Gasteiger partial charge is 0.369 e. The molecule has 0 unspecified atom stereocenters. The van der Waals surface area contributed by atoms with Crippen LogP contribution >= 0.6 is 0 Å². The lowest BCUT2D eigenvalue weighted by Crippen LogP contribution is -2.48. The lowest BCUT2D eigenvalue weighted by atomic mass is 10.2. The van der Waals surface area contributed by atoms with Crippen molar-refractivity contribution in [3.05, 3.63) is 40.8 Å². The summed E-state index contributed by atoms with van der Waals surface area (Å²) >= 11 is 0. The van der Waals surface area contributed by atoms with Crippen LogP contribution in [0.4, 0.5) is 23.1 Å². The van der Waals surface area contributed by atoms with E-state index in [4.69, 9.17) is 4.98 Å². The maximum Gasteiger partial charge on any atom is 0.277 e. The predicted molar refractivity (Wildman–Crippen MR) is 137 cm³/mol. The fourth-order valence-electron chi connectivity index (χ4n) is 4.88. The van der Waals surface area contributed by atoms with Crippen LogP contribution in [-0.2, 0) is 0 Å². The van der Waals surface area contributed by atoms with Crippen LogP contribution in [0, 0.1) is 0 Å². The highest BCUT2D eigenvalue weighted by Gasteiger charge is 2.20. The minimum atomic E-state index is -0.290. The van der Waals surface area contributed by atoms with Gasteiger partial charge in [0.2, 0.25) is 5.95 Å². The number of anilines is 4. The molecule has 2 aliphatic rings. The molecule has 2 saturated heterocycles. The van der Waals surface area contributed by atoms with Crippen molar-refractivity contribution in [3.8, 4) is 0 Å². The molecule has 2 aromatic heterocycles. The second-order valence-corrected chi connectivity index (χ2v) is 9.52. The van der Waals surface area contributed by atoms with Crippen molar-refractivity contribution in [3.63, 3.8) is 0 Å². The Morgan fingerprint density at radius 3 is 2.26 bits per heavy atom. The molecular weight excluding hydrogens is 428 g/mol. The number of nitrogens with zero attached hydrogens (tertiary/aromatic N) is 6. The Balaban J connectivity index is 1.39. The molecule has 4 heterocycles. The van der Waals surface area contributed by atoms with Gasteiger partial charge < -0.3 is 15.1 Å². The molecule has 9 nitrogen and oxygen atoms in total. The Morgan fingerprint density at radius 1 is 0.882 bits per heavy atom. The summed E-state index contributed by atoms with van der Waals surface area (Å²) < 4.78 is 0. The van der Waals surface area contributed by atoms with Gasteiger partial charge >= 0.3 is 0 Å². The summed E-state index contributed by atoms with van der Waals surface area (Å²) in [7, 11) is 0. The lowest BCUT2D eigenvalue weighted by molar-refractivity contribution is 0.209. The van der Waals surface area contributed by atoms with Crippen LogP contribution in [0.2, 0.25) is 0 Å². The summed E-state index contributed by atoms with van der Waals surface area (Å²) in [6.07, 6.45) is 6.32. The highest BCUT2D eigenvalue weighted by molar-refractivity contribution is 5.90. The van der Waals surface area contributed by atoms with E-state index >= 15 is 0 Å². The van der Waals surface area contributed by atoms with E-state index in [0.29, 0.717) is 28.7 Å². The third-order valence-corrected chi connectivity index (χ3v) is 6.93. The summed E-state index contributed by atoms with van der Waals surface area (Å²) in [5, 5.41) is 10.3. The van der Waals surface area contributed by atoms with Crippen molar-refractivity contribution in [2.24, 2.45) is 0 Å². The molecule has 180 valence electrons. The normalized spacial score (nSPS) is 17.9. The van der Waals surface area contributed by atoms with E-state index < -0.39 is 0 Å². The maximum absolute atomic E-state index is 12.6. The van der Waals surface area contributed by atoms with Crippen LogP contribution < -0.4 is 20.7 Å². The molecular formula is C25H34N8O. The van der Waals surface area contributed by atoms with Gasteiger partial charge in [0.05, 0.1) is 6.20 Å². The Morgan fingerprint density at radius 2 is 1.59 bits per heavy atom. The number of aromatic amines is 1. The monoisotopic (exact) mass is 462 g/mol. The standard InChI is InChI=1S/C25H34N8O/c1-18(2)31-13-15-32(16-14-31)20-9-7-19(8-10-20)27-23-22-21(17-26-30-24(22)34)28-25(29-23)33-11-5-3-4-6-12-33/h7-10,17-18H,3-6,11-16H2,1-2H3,(H,30,34)(H,27,28,29). The Hall–Kier alpha value is -3.20. The number of benzene rings is 1. The van der Waals surface area contributed by atoms with Crippen LogP contribution in [0.3, 0.4) is 0 Å². The molecule has 0 aliphatic carbocycles. The maximum atomic E-state index is 12.6. The third kappa shape index (κ3) is 4.84. The van der Waals surface area contributed by atoms with Gasteiger partial charge in [-0.25, -0.2) is 10.1 Å². The average molecular weight is 463 g/mol.